The maximum atomic E-state index is 15.1. The van der Waals surface area contributed by atoms with Gasteiger partial charge in [-0.05, 0) is 68.7 Å². The van der Waals surface area contributed by atoms with Gasteiger partial charge in [0.2, 0.25) is 0 Å². The highest BCUT2D eigenvalue weighted by Gasteiger charge is 2.48. The van der Waals surface area contributed by atoms with Crippen molar-refractivity contribution in [3.63, 3.8) is 0 Å². The van der Waals surface area contributed by atoms with Crippen molar-refractivity contribution in [1.29, 1.82) is 0 Å². The summed E-state index contributed by atoms with van der Waals surface area (Å²) in [6.45, 7) is 1.88. The van der Waals surface area contributed by atoms with Crippen LogP contribution in [0.2, 0.25) is 0 Å². The molecule has 4 aromatic heterocycles. The van der Waals surface area contributed by atoms with E-state index in [2.05, 4.69) is 10.3 Å². The molecule has 12 heteroatoms. The molecular weight excluding hydrogens is 644 g/mol. The Morgan fingerprint density at radius 1 is 0.939 bits per heavy atom. The number of carbonyl (C=O) groups is 1. The van der Waals surface area contributed by atoms with Crippen molar-refractivity contribution >= 4 is 43.9 Å². The first-order chi connectivity index (χ1) is 23.7. The molecule has 3 aliphatic rings. The summed E-state index contributed by atoms with van der Waals surface area (Å²) in [5.74, 6) is -0.00988. The molecule has 0 radical (unpaired) electrons. The predicted octanol–water partition coefficient (Wildman–Crippen LogP) is 6.73. The van der Waals surface area contributed by atoms with Gasteiger partial charge in [-0.25, -0.2) is 31.7 Å². The van der Waals surface area contributed by atoms with Gasteiger partial charge in [0, 0.05) is 30.2 Å². The first-order valence-electron chi connectivity index (χ1n) is 16.4. The maximum absolute atomic E-state index is 15.1. The first kappa shape index (κ1) is 31.2. The Hall–Kier alpha value is -5.10. The number of esters is 1. The lowest BCUT2D eigenvalue weighted by Gasteiger charge is -2.47. The Morgan fingerprint density at radius 3 is 2.37 bits per heavy atom. The Balaban J connectivity index is 1.40. The average molecular weight is 679 g/mol. The van der Waals surface area contributed by atoms with Crippen molar-refractivity contribution in [2.45, 2.75) is 43.5 Å². The number of fused-ring (bicyclic) bond motifs is 5. The van der Waals surface area contributed by atoms with Gasteiger partial charge >= 0.3 is 5.97 Å². The number of hydrogen-bond acceptors (Lipinski definition) is 8. The van der Waals surface area contributed by atoms with Crippen molar-refractivity contribution in [1.82, 2.24) is 23.5 Å². The second-order valence-corrected chi connectivity index (χ2v) is 14.9. The average Bonchev–Trinajstić information content (AvgIpc) is 3.66. The highest BCUT2D eigenvalue weighted by atomic mass is 32.2. The highest BCUT2D eigenvalue weighted by Crippen LogP contribution is 2.48. The summed E-state index contributed by atoms with van der Waals surface area (Å²) in [6, 6.07) is 18.6. The Kier molecular flexibility index (Phi) is 7.51. The first-order valence-corrected chi connectivity index (χ1v) is 17.8. The summed E-state index contributed by atoms with van der Waals surface area (Å²) < 4.78 is 52.6. The van der Waals surface area contributed by atoms with Crippen molar-refractivity contribution in [3.8, 4) is 22.6 Å². The third-order valence-corrected chi connectivity index (χ3v) is 12.0. The number of nitrogens with one attached hydrogen (secondary N) is 1. The Morgan fingerprint density at radius 2 is 1.65 bits per heavy atom. The van der Waals surface area contributed by atoms with E-state index in [1.165, 1.54) is 17.1 Å². The van der Waals surface area contributed by atoms with Crippen molar-refractivity contribution in [2.24, 2.45) is 24.8 Å². The van der Waals surface area contributed by atoms with Gasteiger partial charge < -0.3 is 14.6 Å². The van der Waals surface area contributed by atoms with Crippen molar-refractivity contribution in [3.05, 3.63) is 90.5 Å². The normalized spacial score (nSPS) is 20.6. The van der Waals surface area contributed by atoms with Crippen LogP contribution in [0.15, 0.2) is 84.0 Å². The van der Waals surface area contributed by atoms with Gasteiger partial charge in [-0.15, -0.1) is 0 Å². The van der Waals surface area contributed by atoms with Crippen LogP contribution in [0.5, 0.6) is 0 Å². The molecule has 0 spiro atoms. The molecule has 3 saturated carbocycles. The molecule has 2 aromatic carbocycles. The third kappa shape index (κ3) is 5.08. The second-order valence-electron chi connectivity index (χ2n) is 13.2. The van der Waals surface area contributed by atoms with Crippen LogP contribution in [0.25, 0.3) is 44.7 Å². The molecule has 250 valence electrons. The van der Waals surface area contributed by atoms with E-state index in [1.807, 2.05) is 49.0 Å². The fraction of sp³-hybridized carbons (Fsp3) is 0.297. The van der Waals surface area contributed by atoms with Gasteiger partial charge in [-0.3, -0.25) is 4.79 Å². The number of carbonyl (C=O) groups excluding carboxylic acids is 1. The summed E-state index contributed by atoms with van der Waals surface area (Å²) in [6.07, 6.45) is 6.85. The summed E-state index contributed by atoms with van der Waals surface area (Å²) in [7, 11) is -0.958. The molecule has 3 aliphatic carbocycles. The molecule has 4 heterocycles. The summed E-state index contributed by atoms with van der Waals surface area (Å²) in [4.78, 5) is 27.6. The van der Waals surface area contributed by atoms with E-state index in [4.69, 9.17) is 14.7 Å². The number of hydrogen-bond donors (Lipinski definition) is 1. The van der Waals surface area contributed by atoms with E-state index < -0.39 is 15.8 Å². The molecular formula is C37H35FN6O4S. The number of benzene rings is 2. The van der Waals surface area contributed by atoms with E-state index >= 15 is 4.39 Å². The SMILES string of the molecule is COC(=O)C1C2CCC(CC2)C1Nc1nc(-c2c(-c3ccccc3)n(S(=O)(=O)c3ccc(C)cc3)c3ncc(F)cc23)nc2c1ccn2C. The lowest BCUT2D eigenvalue weighted by Crippen LogP contribution is -2.51. The van der Waals surface area contributed by atoms with Crippen molar-refractivity contribution in [2.75, 3.05) is 12.4 Å². The smallest absolute Gasteiger partial charge is 0.311 e. The molecule has 1 N–H and O–H groups in total. The lowest BCUT2D eigenvalue weighted by molar-refractivity contribution is -0.152. The zero-order valence-electron chi connectivity index (χ0n) is 27.3. The van der Waals surface area contributed by atoms with Crippen molar-refractivity contribution < 1.29 is 22.3 Å². The van der Waals surface area contributed by atoms with E-state index in [9.17, 15) is 13.2 Å². The van der Waals surface area contributed by atoms with Crippen LogP contribution in [0.4, 0.5) is 10.2 Å². The van der Waals surface area contributed by atoms with Gasteiger partial charge in [0.1, 0.15) is 17.3 Å². The fourth-order valence-electron chi connectivity index (χ4n) is 7.90. The highest BCUT2D eigenvalue weighted by molar-refractivity contribution is 7.90. The van der Waals surface area contributed by atoms with Gasteiger partial charge in [0.15, 0.2) is 11.5 Å². The molecule has 0 saturated heterocycles. The van der Waals surface area contributed by atoms with Gasteiger partial charge in [0.05, 0.1) is 40.8 Å². The monoisotopic (exact) mass is 678 g/mol. The maximum Gasteiger partial charge on any atom is 0.311 e. The number of methoxy groups -OCH3 is 1. The lowest BCUT2D eigenvalue weighted by atomic mass is 9.61. The molecule has 9 rings (SSSR count). The number of rotatable bonds is 7. The van der Waals surface area contributed by atoms with E-state index in [0.29, 0.717) is 22.6 Å². The molecule has 6 aromatic rings. The van der Waals surface area contributed by atoms with E-state index in [0.717, 1.165) is 42.8 Å². The number of aromatic nitrogens is 5. The number of nitrogens with zero attached hydrogens (tertiary/aromatic N) is 5. The largest absolute Gasteiger partial charge is 0.469 e. The molecule has 49 heavy (non-hydrogen) atoms. The predicted molar refractivity (Wildman–Crippen MR) is 185 cm³/mol. The molecule has 2 unspecified atom stereocenters. The van der Waals surface area contributed by atoms with Crippen LogP contribution in [0.3, 0.4) is 0 Å². The molecule has 2 atom stereocenters. The Bertz CT molecular complexity index is 2350. The van der Waals surface area contributed by atoms with E-state index in [1.54, 1.807) is 36.4 Å². The van der Waals surface area contributed by atoms with Gasteiger partial charge in [0.25, 0.3) is 10.0 Å². The van der Waals surface area contributed by atoms with Crippen LogP contribution in [0, 0.1) is 30.5 Å². The minimum Gasteiger partial charge on any atom is -0.469 e. The Labute approximate surface area is 283 Å². The number of halogens is 1. The molecule has 2 bridgehead atoms. The zero-order valence-corrected chi connectivity index (χ0v) is 28.1. The van der Waals surface area contributed by atoms with Crippen LogP contribution in [-0.4, -0.2) is 51.0 Å². The molecule has 0 amide bonds. The number of ether oxygens (including phenoxy) is 1. The molecule has 3 fully saturated rings. The van der Waals surface area contributed by atoms with Crippen LogP contribution in [0.1, 0.15) is 31.2 Å². The van der Waals surface area contributed by atoms with Crippen LogP contribution in [-0.2, 0) is 26.6 Å². The standard InChI is InChI=1S/C37H35FN6O4S/c1-21-9-15-26(16-10-21)49(46,47)44-32(24-7-5-4-6-8-24)30(28-19-25(38)20-39-35(28)44)34-41-33(27-17-18-43(2)36(27)42-34)40-31-23-13-11-22(12-14-23)29(31)37(45)48-3/h4-10,15-20,22-23,29,31H,11-14H2,1-3H3,(H,40,41,42). The number of pyridine rings is 1. The summed E-state index contributed by atoms with van der Waals surface area (Å²) in [5.41, 5.74) is 2.70. The second kappa shape index (κ2) is 11.8. The quantitative estimate of drug-likeness (QED) is 0.185. The summed E-state index contributed by atoms with van der Waals surface area (Å²) >= 11 is 0. The van der Waals surface area contributed by atoms with Gasteiger partial charge in [-0.1, -0.05) is 48.0 Å². The summed E-state index contributed by atoms with van der Waals surface area (Å²) in [5, 5.41) is 4.65. The minimum absolute atomic E-state index is 0.0521. The third-order valence-electron chi connectivity index (χ3n) is 10.3. The van der Waals surface area contributed by atoms with Crippen LogP contribution < -0.4 is 5.32 Å². The molecule has 10 nitrogen and oxygen atoms in total. The number of anilines is 1. The molecule has 0 aliphatic heterocycles. The topological polar surface area (TPSA) is 121 Å². The fourth-order valence-corrected chi connectivity index (χ4v) is 9.40. The zero-order chi connectivity index (χ0) is 34.0. The minimum atomic E-state index is -4.26. The van der Waals surface area contributed by atoms with E-state index in [-0.39, 0.29) is 57.2 Å². The number of aryl methyl sites for hydroxylation is 2. The van der Waals surface area contributed by atoms with Gasteiger partial charge in [-0.2, -0.15) is 0 Å². The van der Waals surface area contributed by atoms with Crippen LogP contribution >= 0.6 is 0 Å².